The molecule has 2 heterocycles. The van der Waals surface area contributed by atoms with Crippen molar-refractivity contribution in [3.05, 3.63) is 42.7 Å². The van der Waals surface area contributed by atoms with Gasteiger partial charge in [0.2, 0.25) is 5.95 Å². The van der Waals surface area contributed by atoms with Crippen molar-refractivity contribution in [3.8, 4) is 0 Å². The number of nitrogens with zero attached hydrogens (tertiary/aromatic N) is 4. The van der Waals surface area contributed by atoms with Gasteiger partial charge in [0.05, 0.1) is 0 Å². The minimum Gasteiger partial charge on any atom is -0.369 e. The van der Waals surface area contributed by atoms with E-state index in [0.717, 1.165) is 31.9 Å². The molecule has 1 aliphatic rings. The molecule has 0 bridgehead atoms. The first-order valence-electron chi connectivity index (χ1n) is 7.85. The van der Waals surface area contributed by atoms with Crippen LogP contribution in [0.5, 0.6) is 0 Å². The largest absolute Gasteiger partial charge is 0.369 e. The Morgan fingerprint density at radius 3 is 2.41 bits per heavy atom. The Morgan fingerprint density at radius 1 is 1.00 bits per heavy atom. The molecule has 5 nitrogen and oxygen atoms in total. The Hall–Kier alpha value is -2.14. The van der Waals surface area contributed by atoms with E-state index >= 15 is 0 Å². The summed E-state index contributed by atoms with van der Waals surface area (Å²) in [6, 6.07) is 10.9. The normalized spacial score (nSPS) is 16.0. The SMILES string of the molecule is CC(C)N1CCN(c2cccc(Nc3ncccn3)c2)CC1. The molecule has 0 aliphatic carbocycles. The Bertz CT molecular complexity index is 591. The summed E-state index contributed by atoms with van der Waals surface area (Å²) in [5.74, 6) is 0.629. The van der Waals surface area contributed by atoms with Crippen molar-refractivity contribution in [2.45, 2.75) is 19.9 Å². The van der Waals surface area contributed by atoms with E-state index < -0.39 is 0 Å². The molecular weight excluding hydrogens is 274 g/mol. The fraction of sp³-hybridized carbons (Fsp3) is 0.412. The molecule has 22 heavy (non-hydrogen) atoms. The van der Waals surface area contributed by atoms with Crippen LogP contribution in [0.25, 0.3) is 0 Å². The van der Waals surface area contributed by atoms with Crippen LogP contribution in [-0.2, 0) is 0 Å². The molecule has 0 spiro atoms. The van der Waals surface area contributed by atoms with E-state index in [2.05, 4.69) is 57.1 Å². The molecule has 0 atom stereocenters. The van der Waals surface area contributed by atoms with Gasteiger partial charge in [0.25, 0.3) is 0 Å². The van der Waals surface area contributed by atoms with E-state index in [9.17, 15) is 0 Å². The topological polar surface area (TPSA) is 44.3 Å². The van der Waals surface area contributed by atoms with E-state index in [4.69, 9.17) is 0 Å². The highest BCUT2D eigenvalue weighted by Gasteiger charge is 2.19. The van der Waals surface area contributed by atoms with Crippen LogP contribution in [0.3, 0.4) is 0 Å². The predicted octanol–water partition coefficient (Wildman–Crippen LogP) is 2.75. The lowest BCUT2D eigenvalue weighted by molar-refractivity contribution is 0.209. The number of rotatable bonds is 4. The maximum absolute atomic E-state index is 4.20. The monoisotopic (exact) mass is 297 g/mol. The quantitative estimate of drug-likeness (QED) is 0.940. The molecule has 1 aliphatic heterocycles. The third-order valence-corrected chi connectivity index (χ3v) is 4.08. The third kappa shape index (κ3) is 3.54. The van der Waals surface area contributed by atoms with E-state index in [1.54, 1.807) is 12.4 Å². The molecule has 5 heteroatoms. The summed E-state index contributed by atoms with van der Waals surface area (Å²) in [6.07, 6.45) is 3.48. The van der Waals surface area contributed by atoms with Crippen LogP contribution in [-0.4, -0.2) is 47.1 Å². The van der Waals surface area contributed by atoms with Crippen molar-refractivity contribution in [2.75, 3.05) is 36.4 Å². The minimum absolute atomic E-state index is 0.629. The zero-order chi connectivity index (χ0) is 15.4. The second-order valence-electron chi connectivity index (χ2n) is 5.86. The highest BCUT2D eigenvalue weighted by molar-refractivity contribution is 5.62. The Labute approximate surface area is 132 Å². The predicted molar refractivity (Wildman–Crippen MR) is 90.7 cm³/mol. The number of nitrogens with one attached hydrogen (secondary N) is 1. The van der Waals surface area contributed by atoms with Gasteiger partial charge in [-0.3, -0.25) is 4.90 Å². The molecule has 116 valence electrons. The summed E-state index contributed by atoms with van der Waals surface area (Å²) in [4.78, 5) is 13.4. The molecular formula is C17H23N5. The van der Waals surface area contributed by atoms with Gasteiger partial charge in [0, 0.05) is 56.0 Å². The van der Waals surface area contributed by atoms with Crippen LogP contribution in [0.2, 0.25) is 0 Å². The van der Waals surface area contributed by atoms with Crippen molar-refractivity contribution in [3.63, 3.8) is 0 Å². The molecule has 1 N–H and O–H groups in total. The second-order valence-corrected chi connectivity index (χ2v) is 5.86. The Morgan fingerprint density at radius 2 is 1.73 bits per heavy atom. The van der Waals surface area contributed by atoms with Crippen molar-refractivity contribution in [1.82, 2.24) is 14.9 Å². The summed E-state index contributed by atoms with van der Waals surface area (Å²) in [6.45, 7) is 8.92. The Kier molecular flexibility index (Phi) is 4.53. The number of hydrogen-bond acceptors (Lipinski definition) is 5. The highest BCUT2D eigenvalue weighted by atomic mass is 15.3. The van der Waals surface area contributed by atoms with Crippen molar-refractivity contribution in [1.29, 1.82) is 0 Å². The van der Waals surface area contributed by atoms with Gasteiger partial charge in [-0.1, -0.05) is 6.07 Å². The lowest BCUT2D eigenvalue weighted by Crippen LogP contribution is -2.48. The summed E-state index contributed by atoms with van der Waals surface area (Å²) in [7, 11) is 0. The Balaban J connectivity index is 1.67. The molecule has 3 rings (SSSR count). The molecule has 0 saturated carbocycles. The standard InChI is InChI=1S/C17H23N5/c1-14(2)21-9-11-22(12-10-21)16-6-3-5-15(13-16)20-17-18-7-4-8-19-17/h3-8,13-14H,9-12H2,1-2H3,(H,18,19,20). The maximum atomic E-state index is 4.20. The zero-order valence-electron chi connectivity index (χ0n) is 13.2. The summed E-state index contributed by atoms with van der Waals surface area (Å²) in [5, 5.41) is 3.25. The fourth-order valence-corrected chi connectivity index (χ4v) is 2.77. The van der Waals surface area contributed by atoms with Crippen LogP contribution < -0.4 is 10.2 Å². The van der Waals surface area contributed by atoms with Gasteiger partial charge in [-0.05, 0) is 38.1 Å². The average Bonchev–Trinajstić information content (AvgIpc) is 2.56. The van der Waals surface area contributed by atoms with Gasteiger partial charge in [-0.25, -0.2) is 9.97 Å². The van der Waals surface area contributed by atoms with E-state index in [1.807, 2.05) is 12.1 Å². The van der Waals surface area contributed by atoms with Gasteiger partial charge in [-0.15, -0.1) is 0 Å². The lowest BCUT2D eigenvalue weighted by atomic mass is 10.2. The highest BCUT2D eigenvalue weighted by Crippen LogP contribution is 2.22. The summed E-state index contributed by atoms with van der Waals surface area (Å²) >= 11 is 0. The lowest BCUT2D eigenvalue weighted by Gasteiger charge is -2.38. The molecule has 1 aromatic carbocycles. The van der Waals surface area contributed by atoms with Gasteiger partial charge in [0.1, 0.15) is 0 Å². The van der Waals surface area contributed by atoms with E-state index in [-0.39, 0.29) is 0 Å². The van der Waals surface area contributed by atoms with Crippen molar-refractivity contribution >= 4 is 17.3 Å². The molecule has 0 amide bonds. The average molecular weight is 297 g/mol. The number of aromatic nitrogens is 2. The molecule has 0 unspecified atom stereocenters. The fourth-order valence-electron chi connectivity index (χ4n) is 2.77. The molecule has 1 aromatic heterocycles. The van der Waals surface area contributed by atoms with Crippen molar-refractivity contribution in [2.24, 2.45) is 0 Å². The van der Waals surface area contributed by atoms with Crippen LogP contribution in [0, 0.1) is 0 Å². The van der Waals surface area contributed by atoms with Crippen LogP contribution in [0.4, 0.5) is 17.3 Å². The van der Waals surface area contributed by atoms with E-state index in [1.165, 1.54) is 5.69 Å². The first-order chi connectivity index (χ1) is 10.7. The second kappa shape index (κ2) is 6.75. The van der Waals surface area contributed by atoms with Gasteiger partial charge < -0.3 is 10.2 Å². The minimum atomic E-state index is 0.629. The number of piperazine rings is 1. The number of hydrogen-bond donors (Lipinski definition) is 1. The van der Waals surface area contributed by atoms with Crippen LogP contribution in [0.1, 0.15) is 13.8 Å². The summed E-state index contributed by atoms with van der Waals surface area (Å²) in [5.41, 5.74) is 2.28. The van der Waals surface area contributed by atoms with Crippen molar-refractivity contribution < 1.29 is 0 Å². The zero-order valence-corrected chi connectivity index (χ0v) is 13.2. The van der Waals surface area contributed by atoms with Gasteiger partial charge >= 0.3 is 0 Å². The first-order valence-corrected chi connectivity index (χ1v) is 7.85. The summed E-state index contributed by atoms with van der Waals surface area (Å²) < 4.78 is 0. The smallest absolute Gasteiger partial charge is 0.227 e. The van der Waals surface area contributed by atoms with Gasteiger partial charge in [-0.2, -0.15) is 0 Å². The van der Waals surface area contributed by atoms with Gasteiger partial charge in [0.15, 0.2) is 0 Å². The third-order valence-electron chi connectivity index (χ3n) is 4.08. The maximum Gasteiger partial charge on any atom is 0.227 e. The first kappa shape index (κ1) is 14.8. The van der Waals surface area contributed by atoms with E-state index in [0.29, 0.717) is 12.0 Å². The number of anilines is 3. The molecule has 1 fully saturated rings. The molecule has 0 radical (unpaired) electrons. The van der Waals surface area contributed by atoms with Crippen LogP contribution in [0.15, 0.2) is 42.7 Å². The molecule has 2 aromatic rings. The van der Waals surface area contributed by atoms with Crippen LogP contribution >= 0.6 is 0 Å². The number of benzene rings is 1. The molecule has 1 saturated heterocycles.